The number of allylic oxidation sites excluding steroid dienone is 1. The van der Waals surface area contributed by atoms with Gasteiger partial charge in [0.25, 0.3) is 11.2 Å². The monoisotopic (exact) mass is 613 g/mol. The van der Waals surface area contributed by atoms with Crippen molar-refractivity contribution < 1.29 is 23.9 Å². The van der Waals surface area contributed by atoms with E-state index in [0.717, 1.165) is 22.3 Å². The molecule has 0 saturated carbocycles. The molecule has 5 rings (SSSR count). The largest absolute Gasteiger partial charge is 0.490 e. The molecule has 10 nitrogen and oxygen atoms in total. The molecule has 4 aromatic rings. The Morgan fingerprint density at radius 1 is 1.00 bits per heavy atom. The van der Waals surface area contributed by atoms with Gasteiger partial charge >= 0.3 is 5.97 Å². The number of nitrogens with zero attached hydrogens (tertiary/aromatic N) is 3. The number of hydrogen-bond acceptors (Lipinski definition) is 9. The third-order valence-corrected chi connectivity index (χ3v) is 8.00. The Balaban J connectivity index is 1.51. The first kappa shape index (κ1) is 30.4. The summed E-state index contributed by atoms with van der Waals surface area (Å²) in [5.74, 6) is 0.492. The molecule has 11 heteroatoms. The zero-order chi connectivity index (χ0) is 31.4. The van der Waals surface area contributed by atoms with Crippen molar-refractivity contribution in [2.75, 3.05) is 13.2 Å². The summed E-state index contributed by atoms with van der Waals surface area (Å²) in [5, 5.41) is 10.9. The molecule has 226 valence electrons. The van der Waals surface area contributed by atoms with E-state index in [1.165, 1.54) is 23.5 Å². The first-order chi connectivity index (χ1) is 21.2. The Labute approximate surface area is 257 Å². The number of nitro groups is 1. The summed E-state index contributed by atoms with van der Waals surface area (Å²) in [6, 6.07) is 18.6. The highest BCUT2D eigenvalue weighted by molar-refractivity contribution is 7.07. The fourth-order valence-corrected chi connectivity index (χ4v) is 5.93. The van der Waals surface area contributed by atoms with Crippen molar-refractivity contribution in [3.63, 3.8) is 0 Å². The minimum absolute atomic E-state index is 0.0100. The van der Waals surface area contributed by atoms with E-state index in [1.54, 1.807) is 48.8 Å². The predicted molar refractivity (Wildman–Crippen MR) is 167 cm³/mol. The van der Waals surface area contributed by atoms with Gasteiger partial charge in [-0.3, -0.25) is 19.5 Å². The summed E-state index contributed by atoms with van der Waals surface area (Å²) in [4.78, 5) is 42.6. The lowest BCUT2D eigenvalue weighted by atomic mass is 9.95. The molecule has 0 N–H and O–H groups in total. The fraction of sp³-hybridized carbons (Fsp3) is 0.242. The van der Waals surface area contributed by atoms with Crippen LogP contribution in [0.3, 0.4) is 0 Å². The lowest BCUT2D eigenvalue weighted by molar-refractivity contribution is -0.384. The molecule has 0 saturated heterocycles. The van der Waals surface area contributed by atoms with Crippen LogP contribution in [-0.2, 0) is 16.1 Å². The Kier molecular flexibility index (Phi) is 9.05. The molecular weight excluding hydrogens is 582 g/mol. The highest BCUT2D eigenvalue weighted by atomic mass is 32.1. The van der Waals surface area contributed by atoms with E-state index in [9.17, 15) is 19.7 Å². The molecule has 0 fully saturated rings. The molecular formula is C33H31N3O7S. The van der Waals surface area contributed by atoms with E-state index in [-0.39, 0.29) is 24.5 Å². The zero-order valence-corrected chi connectivity index (χ0v) is 25.6. The van der Waals surface area contributed by atoms with Crippen LogP contribution >= 0.6 is 11.3 Å². The van der Waals surface area contributed by atoms with Crippen molar-refractivity contribution in [1.29, 1.82) is 0 Å². The Morgan fingerprint density at radius 2 is 1.73 bits per heavy atom. The molecule has 1 unspecified atom stereocenters. The number of benzene rings is 3. The quantitative estimate of drug-likeness (QED) is 0.140. The van der Waals surface area contributed by atoms with Crippen LogP contribution in [0.1, 0.15) is 49.1 Å². The molecule has 1 aliphatic heterocycles. The summed E-state index contributed by atoms with van der Waals surface area (Å²) in [6.07, 6.45) is 1.77. The van der Waals surface area contributed by atoms with Gasteiger partial charge in [-0.1, -0.05) is 47.2 Å². The van der Waals surface area contributed by atoms with Crippen molar-refractivity contribution in [3.05, 3.63) is 130 Å². The maximum atomic E-state index is 13.9. The Bertz CT molecular complexity index is 1920. The van der Waals surface area contributed by atoms with E-state index < -0.39 is 16.9 Å². The van der Waals surface area contributed by atoms with Gasteiger partial charge in [0, 0.05) is 12.1 Å². The van der Waals surface area contributed by atoms with Crippen molar-refractivity contribution in [3.8, 4) is 11.5 Å². The Hall–Kier alpha value is -5.03. The van der Waals surface area contributed by atoms with Gasteiger partial charge in [-0.15, -0.1) is 0 Å². The number of aromatic nitrogens is 1. The van der Waals surface area contributed by atoms with Crippen LogP contribution in [0.4, 0.5) is 5.69 Å². The number of fused-ring (bicyclic) bond motifs is 1. The summed E-state index contributed by atoms with van der Waals surface area (Å²) in [5.41, 5.74) is 3.91. The molecule has 0 aliphatic carbocycles. The van der Waals surface area contributed by atoms with E-state index in [1.807, 2.05) is 44.2 Å². The molecule has 1 atom stereocenters. The van der Waals surface area contributed by atoms with Crippen molar-refractivity contribution in [1.82, 2.24) is 4.57 Å². The second-order valence-electron chi connectivity index (χ2n) is 10.1. The van der Waals surface area contributed by atoms with Crippen LogP contribution in [0.15, 0.2) is 87.8 Å². The van der Waals surface area contributed by atoms with Gasteiger partial charge < -0.3 is 14.2 Å². The minimum Gasteiger partial charge on any atom is -0.490 e. The first-order valence-electron chi connectivity index (χ1n) is 14.1. The summed E-state index contributed by atoms with van der Waals surface area (Å²) in [7, 11) is 0. The molecule has 1 aliphatic rings. The van der Waals surface area contributed by atoms with E-state index in [0.29, 0.717) is 38.7 Å². The zero-order valence-electron chi connectivity index (χ0n) is 24.7. The number of rotatable bonds is 10. The third kappa shape index (κ3) is 6.32. The second kappa shape index (κ2) is 13.1. The second-order valence-corrected chi connectivity index (χ2v) is 11.1. The number of non-ortho nitro benzene ring substituents is 1. The molecule has 0 bridgehead atoms. The van der Waals surface area contributed by atoms with Gasteiger partial charge in [-0.05, 0) is 74.7 Å². The third-order valence-electron chi connectivity index (χ3n) is 7.02. The van der Waals surface area contributed by atoms with Gasteiger partial charge in [-0.25, -0.2) is 9.79 Å². The van der Waals surface area contributed by atoms with E-state index >= 15 is 0 Å². The molecule has 1 aromatic heterocycles. The van der Waals surface area contributed by atoms with Gasteiger partial charge in [0.05, 0.1) is 40.0 Å². The average molecular weight is 614 g/mol. The fourth-order valence-electron chi connectivity index (χ4n) is 4.88. The highest BCUT2D eigenvalue weighted by Crippen LogP contribution is 2.32. The molecule has 0 radical (unpaired) electrons. The van der Waals surface area contributed by atoms with Gasteiger partial charge in [0.1, 0.15) is 6.61 Å². The number of hydrogen-bond donors (Lipinski definition) is 0. The van der Waals surface area contributed by atoms with Gasteiger partial charge in [0.2, 0.25) is 0 Å². The van der Waals surface area contributed by atoms with Crippen LogP contribution in [-0.4, -0.2) is 28.7 Å². The first-order valence-corrected chi connectivity index (χ1v) is 14.9. The number of ether oxygens (including phenoxy) is 3. The normalized spacial score (nSPS) is 14.5. The summed E-state index contributed by atoms with van der Waals surface area (Å²) >= 11 is 1.25. The number of nitro benzene ring substituents is 1. The lowest BCUT2D eigenvalue weighted by Gasteiger charge is -2.24. The minimum atomic E-state index is -0.678. The Morgan fingerprint density at radius 3 is 2.39 bits per heavy atom. The highest BCUT2D eigenvalue weighted by Gasteiger charge is 2.33. The molecule has 3 aromatic carbocycles. The SMILES string of the molecule is CCOC(=O)C1=C(C)N=c2s/c(=C\c3ccc(OCc4ccc([N+](=O)[O-])cc4)c(OCC)c3)c(=O)n2C1c1ccc(C)cc1. The van der Waals surface area contributed by atoms with E-state index in [2.05, 4.69) is 4.99 Å². The topological polar surface area (TPSA) is 122 Å². The van der Waals surface area contributed by atoms with Crippen LogP contribution in [0.5, 0.6) is 11.5 Å². The van der Waals surface area contributed by atoms with Gasteiger partial charge in [-0.2, -0.15) is 0 Å². The smallest absolute Gasteiger partial charge is 0.338 e. The maximum absolute atomic E-state index is 13.9. The maximum Gasteiger partial charge on any atom is 0.338 e. The van der Waals surface area contributed by atoms with Crippen molar-refractivity contribution in [2.24, 2.45) is 4.99 Å². The van der Waals surface area contributed by atoms with Crippen LogP contribution in [0.2, 0.25) is 0 Å². The van der Waals surface area contributed by atoms with Crippen LogP contribution < -0.4 is 24.4 Å². The molecule has 0 amide bonds. The van der Waals surface area contributed by atoms with Crippen LogP contribution in [0, 0.1) is 17.0 Å². The van der Waals surface area contributed by atoms with Crippen molar-refractivity contribution >= 4 is 29.1 Å². The predicted octanol–water partition coefficient (Wildman–Crippen LogP) is 4.99. The number of aryl methyl sites for hydroxylation is 1. The molecule has 2 heterocycles. The van der Waals surface area contributed by atoms with E-state index in [4.69, 9.17) is 14.2 Å². The summed E-state index contributed by atoms with van der Waals surface area (Å²) in [6.45, 7) is 8.13. The molecule has 0 spiro atoms. The average Bonchev–Trinajstić information content (AvgIpc) is 3.30. The van der Waals surface area contributed by atoms with Crippen molar-refractivity contribution in [2.45, 2.75) is 40.3 Å². The lowest BCUT2D eigenvalue weighted by Crippen LogP contribution is -2.39. The molecule has 44 heavy (non-hydrogen) atoms. The number of carbonyl (C=O) groups is 1. The number of thiazole rings is 1. The number of esters is 1. The van der Waals surface area contributed by atoms with Gasteiger partial charge in [0.15, 0.2) is 16.3 Å². The number of carbonyl (C=O) groups excluding carboxylic acids is 1. The summed E-state index contributed by atoms with van der Waals surface area (Å²) < 4.78 is 19.2. The standard InChI is InChI=1S/C33H31N3O7S/c1-5-41-27-17-23(11-16-26(27)43-19-22-9-14-25(15-10-22)36(39)40)18-28-31(37)35-30(24-12-7-20(3)8-13-24)29(32(38)42-6-2)21(4)34-33(35)44-28/h7-18,30H,5-6,19H2,1-4H3/b28-18-. The van der Waals surface area contributed by atoms with Crippen LogP contribution in [0.25, 0.3) is 6.08 Å².